The van der Waals surface area contributed by atoms with Gasteiger partial charge in [0.1, 0.15) is 5.65 Å². The third-order valence-corrected chi connectivity index (χ3v) is 4.32. The van der Waals surface area contributed by atoms with Gasteiger partial charge in [0.05, 0.1) is 10.9 Å². The van der Waals surface area contributed by atoms with Gasteiger partial charge in [0, 0.05) is 32.9 Å². The Kier molecular flexibility index (Phi) is 3.77. The first-order valence-corrected chi connectivity index (χ1v) is 7.50. The Hall–Kier alpha value is -2.48. The quantitative estimate of drug-likeness (QED) is 0.759. The van der Waals surface area contributed by atoms with Gasteiger partial charge in [-0.25, -0.2) is 9.78 Å². The molecule has 1 fully saturated rings. The average Bonchev–Trinajstić information content (AvgIpc) is 3.40. The molecule has 2 heterocycles. The minimum Gasteiger partial charge on any atom is -0.348 e. The zero-order valence-electron chi connectivity index (χ0n) is 13.1. The fourth-order valence-corrected chi connectivity index (χ4v) is 2.71. The van der Waals surface area contributed by atoms with Crippen molar-refractivity contribution in [2.24, 2.45) is 25.7 Å². The van der Waals surface area contributed by atoms with E-state index >= 15 is 0 Å². The Bertz CT molecular complexity index is 894. The molecule has 8 nitrogen and oxygen atoms in total. The Morgan fingerprint density at radius 1 is 1.39 bits per heavy atom. The highest BCUT2D eigenvalue weighted by Crippen LogP contribution is 2.32. The first-order chi connectivity index (χ1) is 10.9. The first kappa shape index (κ1) is 15.4. The molecule has 2 aromatic rings. The molecule has 8 heteroatoms. The van der Waals surface area contributed by atoms with Crippen LogP contribution in [0, 0.1) is 5.92 Å². The number of pyridine rings is 1. The van der Waals surface area contributed by atoms with E-state index in [2.05, 4.69) is 10.3 Å². The summed E-state index contributed by atoms with van der Waals surface area (Å²) < 4.78 is 2.28. The highest BCUT2D eigenvalue weighted by molar-refractivity contribution is 5.96. The van der Waals surface area contributed by atoms with Crippen LogP contribution < -0.4 is 22.3 Å². The van der Waals surface area contributed by atoms with Crippen LogP contribution in [-0.4, -0.2) is 32.6 Å². The number of hydrogen-bond donors (Lipinski definition) is 2. The predicted molar refractivity (Wildman–Crippen MR) is 85.3 cm³/mol. The standard InChI is InChI=1S/C15H19N5O3/c1-19-12-10(14(22)20(2)15(19)23)5-9(7-17-12)13(21)18-11(6-16)8-3-4-8/h5,7-8,11H,3-4,6,16H2,1-2H3,(H,18,21). The van der Waals surface area contributed by atoms with E-state index in [4.69, 9.17) is 5.73 Å². The molecule has 1 atom stereocenters. The Labute approximate surface area is 131 Å². The molecule has 2 aromatic heterocycles. The Balaban J connectivity index is 2.01. The van der Waals surface area contributed by atoms with Gasteiger partial charge in [-0.1, -0.05) is 0 Å². The van der Waals surface area contributed by atoms with Crippen molar-refractivity contribution in [3.8, 4) is 0 Å². The van der Waals surface area contributed by atoms with E-state index in [1.54, 1.807) is 0 Å². The third-order valence-electron chi connectivity index (χ3n) is 4.32. The fourth-order valence-electron chi connectivity index (χ4n) is 2.71. The normalized spacial score (nSPS) is 15.6. The number of aromatic nitrogens is 3. The van der Waals surface area contributed by atoms with Crippen molar-refractivity contribution >= 4 is 16.9 Å². The Morgan fingerprint density at radius 2 is 2.09 bits per heavy atom. The smallest absolute Gasteiger partial charge is 0.332 e. The SMILES string of the molecule is Cn1c(=O)c2cc(C(=O)NC(CN)C3CC3)cnc2n(C)c1=O. The maximum atomic E-state index is 12.4. The molecule has 0 aromatic carbocycles. The van der Waals surface area contributed by atoms with Gasteiger partial charge < -0.3 is 11.1 Å². The largest absolute Gasteiger partial charge is 0.348 e. The molecule has 122 valence electrons. The van der Waals surface area contributed by atoms with Gasteiger partial charge >= 0.3 is 5.69 Å². The topological polar surface area (TPSA) is 112 Å². The van der Waals surface area contributed by atoms with E-state index in [-0.39, 0.29) is 28.5 Å². The van der Waals surface area contributed by atoms with E-state index in [0.29, 0.717) is 12.5 Å². The zero-order valence-corrected chi connectivity index (χ0v) is 13.1. The molecule has 1 saturated carbocycles. The molecule has 0 saturated heterocycles. The van der Waals surface area contributed by atoms with Crippen LogP contribution in [0.2, 0.25) is 0 Å². The summed E-state index contributed by atoms with van der Waals surface area (Å²) in [5, 5.41) is 3.12. The summed E-state index contributed by atoms with van der Waals surface area (Å²) in [6.07, 6.45) is 3.51. The van der Waals surface area contributed by atoms with E-state index < -0.39 is 11.2 Å². The summed E-state index contributed by atoms with van der Waals surface area (Å²) >= 11 is 0. The molecular formula is C15H19N5O3. The fraction of sp³-hybridized carbons (Fsp3) is 0.467. The van der Waals surface area contributed by atoms with E-state index in [1.807, 2.05) is 0 Å². The number of nitrogens with one attached hydrogen (secondary N) is 1. The number of nitrogens with two attached hydrogens (primary N) is 1. The number of aryl methyl sites for hydroxylation is 1. The molecule has 1 amide bonds. The summed E-state index contributed by atoms with van der Waals surface area (Å²) in [6.45, 7) is 0.383. The molecule has 0 aliphatic heterocycles. The van der Waals surface area contributed by atoms with Gasteiger partial charge in [-0.15, -0.1) is 0 Å². The molecule has 23 heavy (non-hydrogen) atoms. The van der Waals surface area contributed by atoms with E-state index in [0.717, 1.165) is 17.4 Å². The van der Waals surface area contributed by atoms with Gasteiger partial charge in [-0.05, 0) is 24.8 Å². The second-order valence-corrected chi connectivity index (χ2v) is 5.95. The van der Waals surface area contributed by atoms with Gasteiger partial charge in [0.2, 0.25) is 0 Å². The second-order valence-electron chi connectivity index (χ2n) is 5.95. The van der Waals surface area contributed by atoms with Crippen LogP contribution in [0.4, 0.5) is 0 Å². The number of hydrogen-bond acceptors (Lipinski definition) is 5. The molecule has 0 spiro atoms. The lowest BCUT2D eigenvalue weighted by Gasteiger charge is -2.16. The molecule has 1 unspecified atom stereocenters. The highest BCUT2D eigenvalue weighted by Gasteiger charge is 2.31. The van der Waals surface area contributed by atoms with Crippen molar-refractivity contribution in [2.45, 2.75) is 18.9 Å². The summed E-state index contributed by atoms with van der Waals surface area (Å²) in [5.74, 6) is 0.128. The minimum absolute atomic E-state index is 0.0545. The number of amides is 1. The van der Waals surface area contributed by atoms with Crippen molar-refractivity contribution in [2.75, 3.05) is 6.54 Å². The molecule has 3 rings (SSSR count). The van der Waals surface area contributed by atoms with Crippen LogP contribution >= 0.6 is 0 Å². The lowest BCUT2D eigenvalue weighted by Crippen LogP contribution is -2.42. The van der Waals surface area contributed by atoms with Gasteiger partial charge in [-0.2, -0.15) is 0 Å². The van der Waals surface area contributed by atoms with Gasteiger partial charge in [-0.3, -0.25) is 18.7 Å². The van der Waals surface area contributed by atoms with Crippen molar-refractivity contribution in [3.05, 3.63) is 38.7 Å². The monoisotopic (exact) mass is 317 g/mol. The van der Waals surface area contributed by atoms with Crippen molar-refractivity contribution in [3.63, 3.8) is 0 Å². The highest BCUT2D eigenvalue weighted by atomic mass is 16.2. The lowest BCUT2D eigenvalue weighted by molar-refractivity contribution is 0.0933. The lowest BCUT2D eigenvalue weighted by atomic mass is 10.1. The number of rotatable bonds is 4. The van der Waals surface area contributed by atoms with Gasteiger partial charge in [0.15, 0.2) is 0 Å². The molecule has 0 bridgehead atoms. The summed E-state index contributed by atoms with van der Waals surface area (Å²) in [7, 11) is 2.93. The second kappa shape index (κ2) is 5.62. The number of fused-ring (bicyclic) bond motifs is 1. The number of nitrogens with zero attached hydrogens (tertiary/aromatic N) is 3. The van der Waals surface area contributed by atoms with Crippen LogP contribution in [0.5, 0.6) is 0 Å². The van der Waals surface area contributed by atoms with Crippen LogP contribution in [0.15, 0.2) is 21.9 Å². The summed E-state index contributed by atoms with van der Waals surface area (Å²) in [5.41, 5.74) is 5.31. The maximum absolute atomic E-state index is 12.4. The molecule has 0 radical (unpaired) electrons. The maximum Gasteiger partial charge on any atom is 0.332 e. The molecule has 3 N–H and O–H groups in total. The van der Waals surface area contributed by atoms with Crippen LogP contribution in [-0.2, 0) is 14.1 Å². The van der Waals surface area contributed by atoms with Crippen molar-refractivity contribution in [1.29, 1.82) is 0 Å². The third kappa shape index (κ3) is 2.65. The average molecular weight is 317 g/mol. The number of carbonyl (C=O) groups excluding carboxylic acids is 1. The zero-order chi connectivity index (χ0) is 16.7. The molecule has 1 aliphatic rings. The van der Waals surface area contributed by atoms with Crippen LogP contribution in [0.25, 0.3) is 11.0 Å². The van der Waals surface area contributed by atoms with E-state index in [1.165, 1.54) is 30.9 Å². The Morgan fingerprint density at radius 3 is 2.70 bits per heavy atom. The molecular weight excluding hydrogens is 298 g/mol. The van der Waals surface area contributed by atoms with Gasteiger partial charge in [0.25, 0.3) is 11.5 Å². The van der Waals surface area contributed by atoms with Crippen molar-refractivity contribution < 1.29 is 4.79 Å². The van der Waals surface area contributed by atoms with Crippen molar-refractivity contribution in [1.82, 2.24) is 19.4 Å². The van der Waals surface area contributed by atoms with E-state index in [9.17, 15) is 14.4 Å². The van der Waals surface area contributed by atoms with Crippen LogP contribution in [0.1, 0.15) is 23.2 Å². The summed E-state index contributed by atoms with van der Waals surface area (Å²) in [6, 6.07) is 1.42. The van der Waals surface area contributed by atoms with Crippen LogP contribution in [0.3, 0.4) is 0 Å². The molecule has 1 aliphatic carbocycles. The minimum atomic E-state index is -0.470. The predicted octanol–water partition coefficient (Wildman–Crippen LogP) is -0.901. The summed E-state index contributed by atoms with van der Waals surface area (Å²) in [4.78, 5) is 40.6. The number of carbonyl (C=O) groups is 1. The first-order valence-electron chi connectivity index (χ1n) is 7.50.